The first-order valence-electron chi connectivity index (χ1n) is 9.70. The second kappa shape index (κ2) is 10.3. The van der Waals surface area contributed by atoms with Crippen LogP contribution in [-0.2, 0) is 22.7 Å². The Labute approximate surface area is 181 Å². The number of nitrogens with zero attached hydrogens (tertiary/aromatic N) is 1. The maximum atomic E-state index is 12.1. The van der Waals surface area contributed by atoms with Gasteiger partial charge in [-0.3, -0.25) is 0 Å². The zero-order valence-corrected chi connectivity index (χ0v) is 18.0. The average molecular weight is 423 g/mol. The summed E-state index contributed by atoms with van der Waals surface area (Å²) in [6.45, 7) is 4.20. The number of methoxy groups -OCH3 is 2. The third-order valence-electron chi connectivity index (χ3n) is 4.67. The fourth-order valence-corrected chi connectivity index (χ4v) is 2.89. The van der Waals surface area contributed by atoms with Gasteiger partial charge < -0.3 is 23.5 Å². The SMILES string of the molecule is COc1cccc(COC(=O)/C=C/c2ccc(OCc3c(C)noc3C)c(OC)c2)c1. The number of hydrogen-bond acceptors (Lipinski definition) is 7. The molecule has 0 radical (unpaired) electrons. The van der Waals surface area contributed by atoms with Crippen molar-refractivity contribution in [2.75, 3.05) is 14.2 Å². The zero-order chi connectivity index (χ0) is 22.2. The van der Waals surface area contributed by atoms with Crippen molar-refractivity contribution in [1.29, 1.82) is 0 Å². The van der Waals surface area contributed by atoms with Gasteiger partial charge in [-0.1, -0.05) is 23.4 Å². The van der Waals surface area contributed by atoms with Crippen molar-refractivity contribution in [1.82, 2.24) is 5.16 Å². The van der Waals surface area contributed by atoms with Gasteiger partial charge in [-0.2, -0.15) is 0 Å². The molecule has 0 fully saturated rings. The van der Waals surface area contributed by atoms with E-state index in [-0.39, 0.29) is 6.61 Å². The van der Waals surface area contributed by atoms with Crippen LogP contribution in [0.25, 0.3) is 6.08 Å². The molecular weight excluding hydrogens is 398 g/mol. The summed E-state index contributed by atoms with van der Waals surface area (Å²) in [4.78, 5) is 12.1. The standard InChI is InChI=1S/C24H25NO6/c1-16-21(17(2)31-25-16)15-29-22-10-8-18(13-23(22)28-4)9-11-24(26)30-14-19-6-5-7-20(12-19)27-3/h5-13H,14-15H2,1-4H3/b11-9+. The van der Waals surface area contributed by atoms with Gasteiger partial charge in [0.05, 0.1) is 25.5 Å². The van der Waals surface area contributed by atoms with Crippen LogP contribution in [0.4, 0.5) is 0 Å². The van der Waals surface area contributed by atoms with Crippen molar-refractivity contribution >= 4 is 12.0 Å². The molecular formula is C24H25NO6. The molecule has 0 saturated carbocycles. The van der Waals surface area contributed by atoms with Crippen LogP contribution in [0.15, 0.2) is 53.1 Å². The Morgan fingerprint density at radius 3 is 2.58 bits per heavy atom. The van der Waals surface area contributed by atoms with E-state index in [1.807, 2.05) is 44.2 Å². The summed E-state index contributed by atoms with van der Waals surface area (Å²) in [5.41, 5.74) is 3.33. The van der Waals surface area contributed by atoms with Crippen molar-refractivity contribution < 1.29 is 28.3 Å². The second-order valence-corrected chi connectivity index (χ2v) is 6.79. The van der Waals surface area contributed by atoms with E-state index in [0.717, 1.165) is 28.1 Å². The van der Waals surface area contributed by atoms with Crippen molar-refractivity contribution in [3.8, 4) is 17.2 Å². The number of benzene rings is 2. The Kier molecular flexibility index (Phi) is 7.32. The molecule has 162 valence electrons. The predicted molar refractivity (Wildman–Crippen MR) is 115 cm³/mol. The van der Waals surface area contributed by atoms with Gasteiger partial charge in [-0.05, 0) is 55.3 Å². The number of rotatable bonds is 9. The van der Waals surface area contributed by atoms with Gasteiger partial charge in [0.15, 0.2) is 11.5 Å². The van der Waals surface area contributed by atoms with E-state index in [9.17, 15) is 4.79 Å². The first kappa shape index (κ1) is 22.0. The Morgan fingerprint density at radius 1 is 1.03 bits per heavy atom. The van der Waals surface area contributed by atoms with Crippen LogP contribution in [0.2, 0.25) is 0 Å². The number of carbonyl (C=O) groups is 1. The number of esters is 1. The van der Waals surface area contributed by atoms with Gasteiger partial charge in [-0.15, -0.1) is 0 Å². The van der Waals surface area contributed by atoms with Crippen LogP contribution in [0.1, 0.15) is 28.1 Å². The number of aromatic nitrogens is 1. The van der Waals surface area contributed by atoms with E-state index in [4.69, 9.17) is 23.5 Å². The molecule has 0 amide bonds. The van der Waals surface area contributed by atoms with Gasteiger partial charge in [-0.25, -0.2) is 4.79 Å². The van der Waals surface area contributed by atoms with E-state index in [1.54, 1.807) is 32.4 Å². The molecule has 1 heterocycles. The van der Waals surface area contributed by atoms with Crippen LogP contribution in [0.3, 0.4) is 0 Å². The molecule has 3 rings (SSSR count). The van der Waals surface area contributed by atoms with Crippen LogP contribution in [0, 0.1) is 13.8 Å². The molecule has 2 aromatic carbocycles. The van der Waals surface area contributed by atoms with Gasteiger partial charge in [0.25, 0.3) is 0 Å². The van der Waals surface area contributed by atoms with Gasteiger partial charge >= 0.3 is 5.97 Å². The molecule has 0 aliphatic rings. The van der Waals surface area contributed by atoms with E-state index in [0.29, 0.717) is 23.9 Å². The quantitative estimate of drug-likeness (QED) is 0.366. The fourth-order valence-electron chi connectivity index (χ4n) is 2.89. The Hall–Kier alpha value is -3.74. The minimum atomic E-state index is -0.444. The van der Waals surface area contributed by atoms with Crippen LogP contribution < -0.4 is 14.2 Å². The first-order chi connectivity index (χ1) is 15.0. The highest BCUT2D eigenvalue weighted by atomic mass is 16.5. The van der Waals surface area contributed by atoms with E-state index in [1.165, 1.54) is 6.08 Å². The van der Waals surface area contributed by atoms with Crippen LogP contribution >= 0.6 is 0 Å². The summed E-state index contributed by atoms with van der Waals surface area (Å²) in [6, 6.07) is 12.8. The average Bonchev–Trinajstić information content (AvgIpc) is 3.12. The molecule has 0 unspecified atom stereocenters. The summed E-state index contributed by atoms with van der Waals surface area (Å²) in [7, 11) is 3.16. The van der Waals surface area contributed by atoms with Gasteiger partial charge in [0.1, 0.15) is 24.7 Å². The minimum Gasteiger partial charge on any atom is -0.497 e. The Balaban J connectivity index is 1.59. The molecule has 7 heteroatoms. The fraction of sp³-hybridized carbons (Fsp3) is 0.250. The van der Waals surface area contributed by atoms with Crippen molar-refractivity contribution in [2.45, 2.75) is 27.1 Å². The topological polar surface area (TPSA) is 80.0 Å². The smallest absolute Gasteiger partial charge is 0.331 e. The van der Waals surface area contributed by atoms with Crippen molar-refractivity contribution in [3.05, 3.63) is 76.7 Å². The molecule has 0 saturated heterocycles. The molecule has 0 spiro atoms. The lowest BCUT2D eigenvalue weighted by Gasteiger charge is -2.11. The summed E-state index contributed by atoms with van der Waals surface area (Å²) in [5, 5.41) is 3.92. The molecule has 0 bridgehead atoms. The maximum absolute atomic E-state index is 12.1. The molecule has 0 atom stereocenters. The maximum Gasteiger partial charge on any atom is 0.331 e. The van der Waals surface area contributed by atoms with Crippen LogP contribution in [0.5, 0.6) is 17.2 Å². The molecule has 3 aromatic rings. The molecule has 31 heavy (non-hydrogen) atoms. The summed E-state index contributed by atoms with van der Waals surface area (Å²) in [6.07, 6.45) is 3.04. The Morgan fingerprint density at radius 2 is 1.87 bits per heavy atom. The number of ether oxygens (including phenoxy) is 4. The van der Waals surface area contributed by atoms with Crippen molar-refractivity contribution in [3.63, 3.8) is 0 Å². The second-order valence-electron chi connectivity index (χ2n) is 6.79. The lowest BCUT2D eigenvalue weighted by Crippen LogP contribution is -2.01. The lowest BCUT2D eigenvalue weighted by molar-refractivity contribution is -0.138. The largest absolute Gasteiger partial charge is 0.497 e. The molecule has 0 N–H and O–H groups in total. The monoisotopic (exact) mass is 423 g/mol. The normalized spacial score (nSPS) is 10.8. The van der Waals surface area contributed by atoms with E-state index < -0.39 is 5.97 Å². The highest BCUT2D eigenvalue weighted by Crippen LogP contribution is 2.30. The van der Waals surface area contributed by atoms with Gasteiger partial charge in [0, 0.05) is 6.08 Å². The molecule has 0 aliphatic heterocycles. The highest BCUT2D eigenvalue weighted by molar-refractivity contribution is 5.87. The van der Waals surface area contributed by atoms with E-state index in [2.05, 4.69) is 5.16 Å². The number of aryl methyl sites for hydroxylation is 2. The number of carbonyl (C=O) groups excluding carboxylic acids is 1. The summed E-state index contributed by atoms with van der Waals surface area (Å²) >= 11 is 0. The molecule has 0 aliphatic carbocycles. The van der Waals surface area contributed by atoms with E-state index >= 15 is 0 Å². The first-order valence-corrected chi connectivity index (χ1v) is 9.70. The van der Waals surface area contributed by atoms with Crippen LogP contribution in [-0.4, -0.2) is 25.3 Å². The summed E-state index contributed by atoms with van der Waals surface area (Å²) in [5.74, 6) is 2.13. The zero-order valence-electron chi connectivity index (χ0n) is 18.0. The predicted octanol–water partition coefficient (Wildman–Crippen LogP) is 4.64. The van der Waals surface area contributed by atoms with Crippen molar-refractivity contribution in [2.24, 2.45) is 0 Å². The molecule has 1 aromatic heterocycles. The minimum absolute atomic E-state index is 0.165. The highest BCUT2D eigenvalue weighted by Gasteiger charge is 2.12. The molecule has 7 nitrogen and oxygen atoms in total. The third-order valence-corrected chi connectivity index (χ3v) is 4.67. The Bertz CT molecular complexity index is 1050. The van der Waals surface area contributed by atoms with Gasteiger partial charge in [0.2, 0.25) is 0 Å². The lowest BCUT2D eigenvalue weighted by atomic mass is 10.2. The third kappa shape index (κ3) is 5.88. The number of hydrogen-bond donors (Lipinski definition) is 0. The summed E-state index contributed by atoms with van der Waals surface area (Å²) < 4.78 is 26.9.